The first kappa shape index (κ1) is 19.0. The summed E-state index contributed by atoms with van der Waals surface area (Å²) in [7, 11) is 0. The SMILES string of the molecule is O=C(Nc1ccc2nc(-c3cccc(F)c3)[nH]c2c1)c1ccc(N2CCCC2=O)cc1. The molecular weight excluding hydrogens is 395 g/mol. The van der Waals surface area contributed by atoms with Crippen LogP contribution < -0.4 is 10.2 Å². The normalized spacial score (nSPS) is 13.7. The molecule has 0 unspecified atom stereocenters. The van der Waals surface area contributed by atoms with Crippen molar-refractivity contribution in [1.29, 1.82) is 0 Å². The maximum absolute atomic E-state index is 13.5. The molecule has 0 aliphatic carbocycles. The number of benzene rings is 3. The Hall–Kier alpha value is -4.00. The Morgan fingerprint density at radius 2 is 1.90 bits per heavy atom. The second kappa shape index (κ2) is 7.68. The number of rotatable bonds is 4. The van der Waals surface area contributed by atoms with Crippen LogP contribution >= 0.6 is 0 Å². The molecule has 0 saturated carbocycles. The van der Waals surface area contributed by atoms with E-state index in [0.717, 1.165) is 23.1 Å². The van der Waals surface area contributed by atoms with E-state index in [4.69, 9.17) is 0 Å². The fourth-order valence-electron chi connectivity index (χ4n) is 3.78. The largest absolute Gasteiger partial charge is 0.338 e. The fourth-order valence-corrected chi connectivity index (χ4v) is 3.78. The third-order valence-electron chi connectivity index (χ3n) is 5.35. The highest BCUT2D eigenvalue weighted by molar-refractivity contribution is 6.05. The summed E-state index contributed by atoms with van der Waals surface area (Å²) in [5.74, 6) is 0.0993. The number of hydrogen-bond donors (Lipinski definition) is 2. The van der Waals surface area contributed by atoms with Crippen LogP contribution in [0.4, 0.5) is 15.8 Å². The van der Waals surface area contributed by atoms with E-state index in [1.54, 1.807) is 59.5 Å². The van der Waals surface area contributed by atoms with Gasteiger partial charge in [0.1, 0.15) is 11.6 Å². The molecule has 31 heavy (non-hydrogen) atoms. The summed E-state index contributed by atoms with van der Waals surface area (Å²) < 4.78 is 13.5. The lowest BCUT2D eigenvalue weighted by atomic mass is 10.1. The topological polar surface area (TPSA) is 78.1 Å². The van der Waals surface area contributed by atoms with Gasteiger partial charge in [0.05, 0.1) is 11.0 Å². The summed E-state index contributed by atoms with van der Waals surface area (Å²) in [6.07, 6.45) is 1.43. The van der Waals surface area contributed by atoms with Crippen molar-refractivity contribution in [2.24, 2.45) is 0 Å². The summed E-state index contributed by atoms with van der Waals surface area (Å²) in [6, 6.07) is 18.6. The zero-order valence-electron chi connectivity index (χ0n) is 16.6. The molecule has 154 valence electrons. The van der Waals surface area contributed by atoms with Gasteiger partial charge in [0.25, 0.3) is 5.91 Å². The Labute approximate surface area is 177 Å². The lowest BCUT2D eigenvalue weighted by Gasteiger charge is -2.15. The van der Waals surface area contributed by atoms with Crippen LogP contribution in [0.3, 0.4) is 0 Å². The molecule has 1 saturated heterocycles. The first-order valence-electron chi connectivity index (χ1n) is 10.0. The number of fused-ring (bicyclic) bond motifs is 1. The van der Waals surface area contributed by atoms with E-state index in [0.29, 0.717) is 35.6 Å². The van der Waals surface area contributed by atoms with E-state index < -0.39 is 0 Å². The van der Waals surface area contributed by atoms with Crippen LogP contribution in [0, 0.1) is 5.82 Å². The van der Waals surface area contributed by atoms with Crippen molar-refractivity contribution in [3.8, 4) is 11.4 Å². The smallest absolute Gasteiger partial charge is 0.255 e. The zero-order valence-corrected chi connectivity index (χ0v) is 16.6. The molecular formula is C24H19FN4O2. The minimum atomic E-state index is -0.328. The summed E-state index contributed by atoms with van der Waals surface area (Å²) in [4.78, 5) is 33.9. The van der Waals surface area contributed by atoms with Gasteiger partial charge in [0.2, 0.25) is 5.91 Å². The number of aromatic nitrogens is 2. The molecule has 2 heterocycles. The van der Waals surface area contributed by atoms with Gasteiger partial charge in [-0.05, 0) is 61.0 Å². The lowest BCUT2D eigenvalue weighted by molar-refractivity contribution is -0.117. The number of imidazole rings is 1. The van der Waals surface area contributed by atoms with Gasteiger partial charge >= 0.3 is 0 Å². The highest BCUT2D eigenvalue weighted by atomic mass is 19.1. The molecule has 0 radical (unpaired) electrons. The van der Waals surface area contributed by atoms with Gasteiger partial charge in [-0.3, -0.25) is 9.59 Å². The Kier molecular flexibility index (Phi) is 4.71. The van der Waals surface area contributed by atoms with Crippen molar-refractivity contribution in [2.75, 3.05) is 16.8 Å². The first-order chi connectivity index (χ1) is 15.1. The highest BCUT2D eigenvalue weighted by Crippen LogP contribution is 2.25. The van der Waals surface area contributed by atoms with Gasteiger partial charge in [0.15, 0.2) is 0 Å². The van der Waals surface area contributed by atoms with E-state index in [-0.39, 0.29) is 17.6 Å². The van der Waals surface area contributed by atoms with Gasteiger partial charge in [0, 0.05) is 35.5 Å². The second-order valence-corrected chi connectivity index (χ2v) is 7.48. The molecule has 0 bridgehead atoms. The predicted octanol–water partition coefficient (Wildman–Crippen LogP) is 4.75. The van der Waals surface area contributed by atoms with Crippen LogP contribution in [0.1, 0.15) is 23.2 Å². The number of amides is 2. The van der Waals surface area contributed by atoms with Gasteiger partial charge < -0.3 is 15.2 Å². The molecule has 0 spiro atoms. The number of halogens is 1. The van der Waals surface area contributed by atoms with E-state index >= 15 is 0 Å². The van der Waals surface area contributed by atoms with Crippen LogP contribution in [0.25, 0.3) is 22.4 Å². The first-order valence-corrected chi connectivity index (χ1v) is 10.0. The number of carbonyl (C=O) groups is 2. The molecule has 4 aromatic rings. The van der Waals surface area contributed by atoms with Gasteiger partial charge in [-0.25, -0.2) is 9.37 Å². The van der Waals surface area contributed by atoms with Gasteiger partial charge in [-0.2, -0.15) is 0 Å². The fraction of sp³-hybridized carbons (Fsp3) is 0.125. The van der Waals surface area contributed by atoms with E-state index in [1.165, 1.54) is 12.1 Å². The van der Waals surface area contributed by atoms with Crippen molar-refractivity contribution in [3.05, 3.63) is 78.1 Å². The summed E-state index contributed by atoms with van der Waals surface area (Å²) in [6.45, 7) is 0.714. The molecule has 0 atom stereocenters. The Balaban J connectivity index is 1.34. The minimum absolute atomic E-state index is 0.114. The molecule has 1 fully saturated rings. The molecule has 2 amide bonds. The van der Waals surface area contributed by atoms with Crippen LogP contribution in [0.5, 0.6) is 0 Å². The van der Waals surface area contributed by atoms with Gasteiger partial charge in [-0.1, -0.05) is 12.1 Å². The monoisotopic (exact) mass is 414 g/mol. The number of nitrogens with one attached hydrogen (secondary N) is 2. The van der Waals surface area contributed by atoms with Crippen molar-refractivity contribution >= 4 is 34.2 Å². The number of aromatic amines is 1. The highest BCUT2D eigenvalue weighted by Gasteiger charge is 2.21. The number of hydrogen-bond acceptors (Lipinski definition) is 3. The molecule has 7 heteroatoms. The van der Waals surface area contributed by atoms with Crippen molar-refractivity contribution < 1.29 is 14.0 Å². The van der Waals surface area contributed by atoms with Crippen LogP contribution in [0.2, 0.25) is 0 Å². The summed E-state index contributed by atoms with van der Waals surface area (Å²) >= 11 is 0. The van der Waals surface area contributed by atoms with E-state index in [1.807, 2.05) is 0 Å². The maximum atomic E-state index is 13.5. The Morgan fingerprint density at radius 3 is 2.65 bits per heavy atom. The Bertz CT molecular complexity index is 1300. The lowest BCUT2D eigenvalue weighted by Crippen LogP contribution is -2.23. The van der Waals surface area contributed by atoms with Gasteiger partial charge in [-0.15, -0.1) is 0 Å². The maximum Gasteiger partial charge on any atom is 0.255 e. The van der Waals surface area contributed by atoms with E-state index in [9.17, 15) is 14.0 Å². The second-order valence-electron chi connectivity index (χ2n) is 7.48. The molecule has 5 rings (SSSR count). The van der Waals surface area contributed by atoms with Crippen LogP contribution in [-0.4, -0.2) is 28.3 Å². The number of anilines is 2. The molecule has 1 aliphatic heterocycles. The summed E-state index contributed by atoms with van der Waals surface area (Å²) in [5.41, 5.74) is 4.03. The standard InChI is InChI=1S/C24H19FN4O2/c25-17-4-1-3-16(13-17)23-27-20-11-8-18(14-21(20)28-23)26-24(31)15-6-9-19(10-7-15)29-12-2-5-22(29)30/h1,3-4,6-11,13-14H,2,5,12H2,(H,26,31)(H,27,28). The minimum Gasteiger partial charge on any atom is -0.338 e. The molecule has 2 N–H and O–H groups in total. The average molecular weight is 414 g/mol. The quantitative estimate of drug-likeness (QED) is 0.506. The number of nitrogens with zero attached hydrogens (tertiary/aromatic N) is 2. The van der Waals surface area contributed by atoms with Crippen LogP contribution in [0.15, 0.2) is 66.7 Å². The summed E-state index contributed by atoms with van der Waals surface area (Å²) in [5, 5.41) is 2.88. The third kappa shape index (κ3) is 3.77. The molecule has 3 aromatic carbocycles. The van der Waals surface area contributed by atoms with E-state index in [2.05, 4.69) is 15.3 Å². The zero-order chi connectivity index (χ0) is 21.4. The predicted molar refractivity (Wildman–Crippen MR) is 117 cm³/mol. The Morgan fingerprint density at radius 1 is 1.06 bits per heavy atom. The van der Waals surface area contributed by atoms with Crippen molar-refractivity contribution in [3.63, 3.8) is 0 Å². The van der Waals surface area contributed by atoms with Crippen molar-refractivity contribution in [1.82, 2.24) is 9.97 Å². The van der Waals surface area contributed by atoms with Crippen molar-refractivity contribution in [2.45, 2.75) is 12.8 Å². The third-order valence-corrected chi connectivity index (χ3v) is 5.35. The molecule has 6 nitrogen and oxygen atoms in total. The number of H-pyrrole nitrogens is 1. The molecule has 1 aliphatic rings. The average Bonchev–Trinajstić information content (AvgIpc) is 3.39. The number of carbonyl (C=O) groups excluding carboxylic acids is 2. The van der Waals surface area contributed by atoms with Crippen LogP contribution in [-0.2, 0) is 4.79 Å². The molecule has 1 aromatic heterocycles.